The molecule has 1 unspecified atom stereocenters. The van der Waals surface area contributed by atoms with E-state index in [1.807, 2.05) is 4.57 Å². The topological polar surface area (TPSA) is 127 Å². The number of nitrogens with zero attached hydrogens (tertiary/aromatic N) is 5. The molecule has 0 bridgehead atoms. The van der Waals surface area contributed by atoms with Gasteiger partial charge in [0.05, 0.1) is 19.3 Å². The predicted octanol–water partition coefficient (Wildman–Crippen LogP) is -0.00238. The van der Waals surface area contributed by atoms with Gasteiger partial charge in [-0.3, -0.25) is 13.9 Å². The minimum absolute atomic E-state index is 0.205. The molecule has 0 spiro atoms. The number of benzene rings is 1. The highest BCUT2D eigenvalue weighted by Gasteiger charge is 2.23. The lowest BCUT2D eigenvalue weighted by molar-refractivity contribution is 0.121. The molecule has 3 heterocycles. The van der Waals surface area contributed by atoms with E-state index >= 15 is 0 Å². The summed E-state index contributed by atoms with van der Waals surface area (Å²) >= 11 is 0. The summed E-state index contributed by atoms with van der Waals surface area (Å²) in [7, 11) is 3.10. The highest BCUT2D eigenvalue weighted by Crippen LogP contribution is 2.22. The summed E-state index contributed by atoms with van der Waals surface area (Å²) in [5.41, 5.74) is 1.47. The molecule has 1 atom stereocenters. The number of hydrogen-bond acceptors (Lipinski definition) is 8. The number of nitrogens with one attached hydrogen (secondary N) is 1. The van der Waals surface area contributed by atoms with Crippen LogP contribution in [0, 0.1) is 6.92 Å². The largest absolute Gasteiger partial charge is 0.508 e. The lowest BCUT2D eigenvalue weighted by Gasteiger charge is -2.28. The summed E-state index contributed by atoms with van der Waals surface area (Å²) in [6, 6.07) is 5.06. The van der Waals surface area contributed by atoms with E-state index in [0.717, 1.165) is 15.7 Å². The van der Waals surface area contributed by atoms with Crippen LogP contribution in [0.25, 0.3) is 11.2 Å². The fourth-order valence-electron chi connectivity index (χ4n) is 4.26. The Hall–Kier alpha value is -3.15. The number of aromatic hydroxyl groups is 1. The molecule has 4 rings (SSSR count). The zero-order valence-corrected chi connectivity index (χ0v) is 19.8. The van der Waals surface area contributed by atoms with Crippen LogP contribution in [-0.2, 0) is 25.4 Å². The number of aliphatic hydroxyl groups is 1. The Morgan fingerprint density at radius 1 is 1.18 bits per heavy atom. The van der Waals surface area contributed by atoms with Crippen molar-refractivity contribution in [2.24, 2.45) is 14.1 Å². The zero-order valence-electron chi connectivity index (χ0n) is 19.8. The number of aromatic nitrogens is 4. The van der Waals surface area contributed by atoms with Gasteiger partial charge in [-0.2, -0.15) is 4.98 Å². The first-order chi connectivity index (χ1) is 16.3. The van der Waals surface area contributed by atoms with E-state index in [0.29, 0.717) is 69.5 Å². The summed E-state index contributed by atoms with van der Waals surface area (Å²) in [5, 5.41) is 23.4. The molecular weight excluding hydrogens is 440 g/mol. The number of ether oxygens (including phenoxy) is 1. The Labute approximate surface area is 196 Å². The van der Waals surface area contributed by atoms with Crippen LogP contribution in [0.3, 0.4) is 0 Å². The van der Waals surface area contributed by atoms with Gasteiger partial charge >= 0.3 is 5.69 Å². The first kappa shape index (κ1) is 24.0. The molecule has 1 aromatic carbocycles. The monoisotopic (exact) mass is 472 g/mol. The number of aliphatic hydroxyl groups excluding tert-OH is 1. The van der Waals surface area contributed by atoms with Crippen molar-refractivity contribution >= 4 is 17.1 Å². The maximum Gasteiger partial charge on any atom is 0.332 e. The summed E-state index contributed by atoms with van der Waals surface area (Å²) < 4.78 is 9.87. The molecule has 0 radical (unpaired) electrons. The maximum atomic E-state index is 13.0. The van der Waals surface area contributed by atoms with E-state index in [1.54, 1.807) is 32.2 Å². The summed E-state index contributed by atoms with van der Waals surface area (Å²) in [4.78, 5) is 32.2. The fourth-order valence-corrected chi connectivity index (χ4v) is 4.26. The average molecular weight is 473 g/mol. The Morgan fingerprint density at radius 3 is 2.62 bits per heavy atom. The average Bonchev–Trinajstić information content (AvgIpc) is 3.23. The van der Waals surface area contributed by atoms with E-state index in [-0.39, 0.29) is 11.3 Å². The molecule has 3 aromatic rings. The highest BCUT2D eigenvalue weighted by molar-refractivity contribution is 5.74. The van der Waals surface area contributed by atoms with Crippen LogP contribution in [0.15, 0.2) is 27.8 Å². The molecule has 0 amide bonds. The van der Waals surface area contributed by atoms with Crippen LogP contribution < -0.4 is 21.5 Å². The van der Waals surface area contributed by atoms with Crippen molar-refractivity contribution in [2.75, 3.05) is 44.3 Å². The smallest absolute Gasteiger partial charge is 0.332 e. The lowest BCUT2D eigenvalue weighted by Crippen LogP contribution is -2.39. The molecule has 1 aliphatic rings. The SMILES string of the molecule is Cc1cc(C(O)CNCCCn2c(N3CCOCC3)nc3c2c(=O)n(C)c(=O)n3C)ccc1O. The van der Waals surface area contributed by atoms with Crippen molar-refractivity contribution in [2.45, 2.75) is 26.0 Å². The molecule has 1 aliphatic heterocycles. The van der Waals surface area contributed by atoms with E-state index < -0.39 is 11.8 Å². The molecule has 1 fully saturated rings. The second-order valence-electron chi connectivity index (χ2n) is 8.66. The van der Waals surface area contributed by atoms with Gasteiger partial charge in [0.1, 0.15) is 5.75 Å². The van der Waals surface area contributed by atoms with Gasteiger partial charge in [0.25, 0.3) is 5.56 Å². The number of phenolic OH excluding ortho intramolecular Hbond substituents is 1. The van der Waals surface area contributed by atoms with Crippen LogP contribution in [0.5, 0.6) is 5.75 Å². The Kier molecular flexibility index (Phi) is 7.05. The number of hydrogen-bond donors (Lipinski definition) is 3. The molecule has 11 heteroatoms. The zero-order chi connectivity index (χ0) is 24.4. The third-order valence-electron chi connectivity index (χ3n) is 6.30. The van der Waals surface area contributed by atoms with Crippen LogP contribution in [0.4, 0.5) is 5.95 Å². The van der Waals surface area contributed by atoms with E-state index in [9.17, 15) is 19.8 Å². The van der Waals surface area contributed by atoms with Crippen molar-refractivity contribution in [1.29, 1.82) is 0 Å². The van der Waals surface area contributed by atoms with Crippen LogP contribution in [-0.4, -0.2) is 68.3 Å². The predicted molar refractivity (Wildman–Crippen MR) is 129 cm³/mol. The number of phenols is 1. The lowest BCUT2D eigenvalue weighted by atomic mass is 10.1. The normalized spacial score (nSPS) is 15.2. The first-order valence-electron chi connectivity index (χ1n) is 11.5. The molecule has 2 aromatic heterocycles. The van der Waals surface area contributed by atoms with Gasteiger partial charge < -0.3 is 29.7 Å². The van der Waals surface area contributed by atoms with E-state index in [1.165, 1.54) is 11.6 Å². The molecule has 1 saturated heterocycles. The van der Waals surface area contributed by atoms with Crippen LogP contribution in [0.1, 0.15) is 23.7 Å². The van der Waals surface area contributed by atoms with E-state index in [2.05, 4.69) is 15.2 Å². The first-order valence-corrected chi connectivity index (χ1v) is 11.5. The Bertz CT molecular complexity index is 1290. The summed E-state index contributed by atoms with van der Waals surface area (Å²) in [6.07, 6.45) is -0.00468. The number of rotatable bonds is 8. The van der Waals surface area contributed by atoms with E-state index in [4.69, 9.17) is 4.74 Å². The second-order valence-corrected chi connectivity index (χ2v) is 8.66. The number of morpholine rings is 1. The second kappa shape index (κ2) is 10.00. The van der Waals surface area contributed by atoms with Gasteiger partial charge in [0, 0.05) is 40.3 Å². The fraction of sp³-hybridized carbons (Fsp3) is 0.522. The van der Waals surface area contributed by atoms with Crippen molar-refractivity contribution < 1.29 is 14.9 Å². The molecule has 0 saturated carbocycles. The maximum absolute atomic E-state index is 13.0. The van der Waals surface area contributed by atoms with Gasteiger partial charge in [-0.15, -0.1) is 0 Å². The third kappa shape index (κ3) is 4.59. The van der Waals surface area contributed by atoms with Gasteiger partial charge in [0.15, 0.2) is 11.2 Å². The van der Waals surface area contributed by atoms with Gasteiger partial charge in [0.2, 0.25) is 5.95 Å². The molecule has 11 nitrogen and oxygen atoms in total. The van der Waals surface area contributed by atoms with Gasteiger partial charge in [-0.1, -0.05) is 6.07 Å². The van der Waals surface area contributed by atoms with Crippen molar-refractivity contribution in [3.8, 4) is 5.75 Å². The molecule has 0 aliphatic carbocycles. The molecule has 34 heavy (non-hydrogen) atoms. The minimum atomic E-state index is -0.695. The molecule has 3 N–H and O–H groups in total. The highest BCUT2D eigenvalue weighted by atomic mass is 16.5. The minimum Gasteiger partial charge on any atom is -0.508 e. The Morgan fingerprint density at radius 2 is 1.91 bits per heavy atom. The quantitative estimate of drug-likeness (QED) is 0.391. The van der Waals surface area contributed by atoms with Crippen molar-refractivity contribution in [3.63, 3.8) is 0 Å². The number of anilines is 1. The third-order valence-corrected chi connectivity index (χ3v) is 6.30. The summed E-state index contributed by atoms with van der Waals surface area (Å²) in [5.74, 6) is 0.868. The number of aryl methyl sites for hydroxylation is 3. The van der Waals surface area contributed by atoms with Gasteiger partial charge in [-0.05, 0) is 43.1 Å². The number of imidazole rings is 1. The van der Waals surface area contributed by atoms with Crippen LogP contribution >= 0.6 is 0 Å². The van der Waals surface area contributed by atoms with Crippen LogP contribution in [0.2, 0.25) is 0 Å². The van der Waals surface area contributed by atoms with Crippen molar-refractivity contribution in [3.05, 3.63) is 50.2 Å². The van der Waals surface area contributed by atoms with Crippen molar-refractivity contribution in [1.82, 2.24) is 24.0 Å². The summed E-state index contributed by atoms with van der Waals surface area (Å²) in [6.45, 7) is 5.78. The standard InChI is InChI=1S/C23H32N6O5/c1-15-13-16(5-6-17(15)30)18(31)14-24-7-4-8-29-19-20(26(2)23(33)27(3)21(19)32)25-22(29)28-9-11-34-12-10-28/h5-6,13,18,24,30-31H,4,7-12,14H2,1-3H3. The Balaban J connectivity index is 1.49. The van der Waals surface area contributed by atoms with Gasteiger partial charge in [-0.25, -0.2) is 4.79 Å². The molecular formula is C23H32N6O5. The number of fused-ring (bicyclic) bond motifs is 1. The molecule has 184 valence electrons.